The zero-order chi connectivity index (χ0) is 16.1. The number of rotatable bonds is 2. The van der Waals surface area contributed by atoms with Crippen molar-refractivity contribution < 1.29 is 0 Å². The zero-order valence-corrected chi connectivity index (χ0v) is 13.7. The predicted octanol–water partition coefficient (Wildman–Crippen LogP) is 4.24. The van der Waals surface area contributed by atoms with Gasteiger partial charge in [-0.05, 0) is 30.3 Å². The first-order valence-electron chi connectivity index (χ1n) is 7.61. The molecule has 0 aliphatic heterocycles. The standard InChI is InChI=1S/C18H13N5S/c1-23-9-3-6-14(23)17-20-13-5-2-4-11(16(13)22-17)18-21-12-7-8-19-10-15(12)24-18/h2-10H,1H3,(H,20,22). The quantitative estimate of drug-likeness (QED) is 0.526. The lowest BCUT2D eigenvalue weighted by Gasteiger charge is -1.97. The van der Waals surface area contributed by atoms with Crippen LogP contribution in [-0.2, 0) is 7.05 Å². The van der Waals surface area contributed by atoms with Gasteiger partial charge in [0.15, 0.2) is 5.82 Å². The first-order chi connectivity index (χ1) is 11.8. The molecule has 0 amide bonds. The van der Waals surface area contributed by atoms with Gasteiger partial charge in [0.05, 0.1) is 26.9 Å². The summed E-state index contributed by atoms with van der Waals surface area (Å²) < 4.78 is 3.14. The summed E-state index contributed by atoms with van der Waals surface area (Å²) in [4.78, 5) is 17.2. The van der Waals surface area contributed by atoms with Crippen LogP contribution in [0.3, 0.4) is 0 Å². The van der Waals surface area contributed by atoms with E-state index < -0.39 is 0 Å². The number of aryl methyl sites for hydroxylation is 1. The van der Waals surface area contributed by atoms with Gasteiger partial charge in [-0.25, -0.2) is 9.97 Å². The van der Waals surface area contributed by atoms with E-state index in [9.17, 15) is 0 Å². The minimum atomic E-state index is 0.868. The maximum Gasteiger partial charge on any atom is 0.155 e. The molecular formula is C18H13N5S. The molecule has 4 aromatic heterocycles. The van der Waals surface area contributed by atoms with Crippen molar-refractivity contribution in [3.63, 3.8) is 0 Å². The Bertz CT molecular complexity index is 1150. The van der Waals surface area contributed by atoms with Crippen molar-refractivity contribution in [1.29, 1.82) is 0 Å². The molecular weight excluding hydrogens is 318 g/mol. The van der Waals surface area contributed by atoms with E-state index in [0.29, 0.717) is 0 Å². The third kappa shape index (κ3) is 1.97. The average molecular weight is 331 g/mol. The molecule has 0 aliphatic carbocycles. The highest BCUT2D eigenvalue weighted by molar-refractivity contribution is 7.21. The van der Waals surface area contributed by atoms with E-state index in [1.54, 1.807) is 17.5 Å². The molecule has 0 aliphatic rings. The van der Waals surface area contributed by atoms with Crippen molar-refractivity contribution in [2.75, 3.05) is 0 Å². The summed E-state index contributed by atoms with van der Waals surface area (Å²) in [5.41, 5.74) is 5.04. The Hall–Kier alpha value is -2.99. The molecule has 5 rings (SSSR count). The Balaban J connectivity index is 1.74. The Kier molecular flexibility index (Phi) is 2.80. The number of nitrogens with one attached hydrogen (secondary N) is 1. The van der Waals surface area contributed by atoms with Crippen molar-refractivity contribution in [1.82, 2.24) is 24.5 Å². The van der Waals surface area contributed by atoms with E-state index in [0.717, 1.165) is 43.3 Å². The molecule has 0 radical (unpaired) electrons. The van der Waals surface area contributed by atoms with Gasteiger partial charge in [-0.2, -0.15) is 0 Å². The summed E-state index contributed by atoms with van der Waals surface area (Å²) in [5.74, 6) is 0.868. The first-order valence-corrected chi connectivity index (χ1v) is 8.42. The summed E-state index contributed by atoms with van der Waals surface area (Å²) in [5, 5.41) is 0.966. The van der Waals surface area contributed by atoms with Crippen molar-refractivity contribution >= 4 is 32.6 Å². The lowest BCUT2D eigenvalue weighted by Crippen LogP contribution is -1.90. The van der Waals surface area contributed by atoms with Crippen LogP contribution in [0.15, 0.2) is 55.0 Å². The van der Waals surface area contributed by atoms with Crippen LogP contribution >= 0.6 is 11.3 Å². The van der Waals surface area contributed by atoms with Crippen LogP contribution in [0.1, 0.15) is 0 Å². The van der Waals surface area contributed by atoms with Crippen molar-refractivity contribution in [2.45, 2.75) is 0 Å². The second kappa shape index (κ2) is 5.01. The van der Waals surface area contributed by atoms with Gasteiger partial charge in [0.25, 0.3) is 0 Å². The number of pyridine rings is 1. The molecule has 0 bridgehead atoms. The molecule has 0 saturated heterocycles. The average Bonchev–Trinajstić information content (AvgIpc) is 3.30. The molecule has 1 aromatic carbocycles. The number of aromatic nitrogens is 5. The van der Waals surface area contributed by atoms with Gasteiger partial charge in [-0.15, -0.1) is 11.3 Å². The molecule has 5 aromatic rings. The van der Waals surface area contributed by atoms with E-state index in [1.165, 1.54) is 0 Å². The van der Waals surface area contributed by atoms with Gasteiger partial charge in [0, 0.05) is 31.2 Å². The molecule has 5 nitrogen and oxygen atoms in total. The highest BCUT2D eigenvalue weighted by Gasteiger charge is 2.14. The zero-order valence-electron chi connectivity index (χ0n) is 12.9. The molecule has 0 unspecified atom stereocenters. The summed E-state index contributed by atoms with van der Waals surface area (Å²) in [7, 11) is 2.02. The molecule has 0 fully saturated rings. The number of imidazole rings is 1. The number of thiazole rings is 1. The van der Waals surface area contributed by atoms with Gasteiger partial charge < -0.3 is 9.55 Å². The van der Waals surface area contributed by atoms with Gasteiger partial charge in [-0.1, -0.05) is 6.07 Å². The molecule has 6 heteroatoms. The van der Waals surface area contributed by atoms with Crippen LogP contribution in [0.25, 0.3) is 43.3 Å². The van der Waals surface area contributed by atoms with Gasteiger partial charge in [0.1, 0.15) is 5.01 Å². The molecule has 0 spiro atoms. The van der Waals surface area contributed by atoms with Crippen LogP contribution < -0.4 is 0 Å². The Morgan fingerprint density at radius 2 is 2.04 bits per heavy atom. The maximum atomic E-state index is 4.84. The number of hydrogen-bond donors (Lipinski definition) is 1. The van der Waals surface area contributed by atoms with E-state index in [1.807, 2.05) is 43.7 Å². The number of H-pyrrole nitrogens is 1. The largest absolute Gasteiger partial charge is 0.348 e. The molecule has 0 saturated carbocycles. The fraction of sp³-hybridized carbons (Fsp3) is 0.0556. The van der Waals surface area contributed by atoms with Gasteiger partial charge in [-0.3, -0.25) is 4.98 Å². The van der Waals surface area contributed by atoms with E-state index in [4.69, 9.17) is 9.97 Å². The van der Waals surface area contributed by atoms with Crippen molar-refractivity contribution in [2.24, 2.45) is 7.05 Å². The van der Waals surface area contributed by atoms with Crippen molar-refractivity contribution in [3.05, 3.63) is 55.0 Å². The molecule has 4 heterocycles. The normalized spacial score (nSPS) is 11.5. The highest BCUT2D eigenvalue weighted by atomic mass is 32.1. The summed E-state index contributed by atoms with van der Waals surface area (Å²) in [6.45, 7) is 0. The first kappa shape index (κ1) is 13.4. The Morgan fingerprint density at radius 3 is 2.88 bits per heavy atom. The number of hydrogen-bond acceptors (Lipinski definition) is 4. The molecule has 0 atom stereocenters. The second-order valence-corrected chi connectivity index (χ2v) is 6.68. The van der Waals surface area contributed by atoms with E-state index in [2.05, 4.69) is 26.7 Å². The monoisotopic (exact) mass is 331 g/mol. The maximum absolute atomic E-state index is 4.84. The second-order valence-electron chi connectivity index (χ2n) is 5.65. The Labute approximate surface area is 141 Å². The fourth-order valence-electron chi connectivity index (χ4n) is 2.93. The summed E-state index contributed by atoms with van der Waals surface area (Å²) in [6, 6.07) is 12.2. The molecule has 1 N–H and O–H groups in total. The van der Waals surface area contributed by atoms with Crippen LogP contribution in [0.5, 0.6) is 0 Å². The Morgan fingerprint density at radius 1 is 1.08 bits per heavy atom. The van der Waals surface area contributed by atoms with E-state index in [-0.39, 0.29) is 0 Å². The van der Waals surface area contributed by atoms with Crippen molar-refractivity contribution in [3.8, 4) is 22.1 Å². The summed E-state index contributed by atoms with van der Waals surface area (Å²) in [6.07, 6.45) is 5.65. The number of fused-ring (bicyclic) bond motifs is 2. The lowest BCUT2D eigenvalue weighted by atomic mass is 10.2. The number of aromatic amines is 1. The third-order valence-electron chi connectivity index (χ3n) is 4.12. The minimum Gasteiger partial charge on any atom is -0.348 e. The van der Waals surface area contributed by atoms with Crippen LogP contribution in [0, 0.1) is 0 Å². The topological polar surface area (TPSA) is 59.4 Å². The SMILES string of the molecule is Cn1cccc1-c1nc2c(-c3nc4ccncc4s3)cccc2[nH]1. The highest BCUT2D eigenvalue weighted by Crippen LogP contribution is 2.34. The van der Waals surface area contributed by atoms with Crippen LogP contribution in [-0.4, -0.2) is 24.5 Å². The van der Waals surface area contributed by atoms with Crippen LogP contribution in [0.4, 0.5) is 0 Å². The van der Waals surface area contributed by atoms with E-state index >= 15 is 0 Å². The molecule has 116 valence electrons. The number of nitrogens with zero attached hydrogens (tertiary/aromatic N) is 4. The van der Waals surface area contributed by atoms with Gasteiger partial charge in [0.2, 0.25) is 0 Å². The smallest absolute Gasteiger partial charge is 0.155 e. The summed E-state index contributed by atoms with van der Waals surface area (Å²) >= 11 is 1.64. The fourth-order valence-corrected chi connectivity index (χ4v) is 3.89. The molecule has 24 heavy (non-hydrogen) atoms. The van der Waals surface area contributed by atoms with Gasteiger partial charge >= 0.3 is 0 Å². The minimum absolute atomic E-state index is 0.868. The number of para-hydroxylation sites is 1. The third-order valence-corrected chi connectivity index (χ3v) is 5.16. The lowest BCUT2D eigenvalue weighted by molar-refractivity contribution is 0.927. The number of benzene rings is 1. The van der Waals surface area contributed by atoms with Crippen LogP contribution in [0.2, 0.25) is 0 Å². The predicted molar refractivity (Wildman–Crippen MR) is 96.9 cm³/mol.